The van der Waals surface area contributed by atoms with E-state index in [4.69, 9.17) is 0 Å². The molecule has 1 aromatic rings. The Labute approximate surface area is 97.2 Å². The summed E-state index contributed by atoms with van der Waals surface area (Å²) in [5.41, 5.74) is 3.16. The minimum atomic E-state index is 0.223. The highest BCUT2D eigenvalue weighted by Gasteiger charge is 2.14. The number of allylic oxidation sites excluding steroid dienone is 2. The molecular weight excluding hydrogens is 196 g/mol. The molecule has 1 nitrogen and oxygen atoms in total. The zero-order valence-corrected chi connectivity index (χ0v) is 9.83. The van der Waals surface area contributed by atoms with E-state index < -0.39 is 0 Å². The smallest absolute Gasteiger partial charge is 0.188 e. The van der Waals surface area contributed by atoms with Crippen molar-refractivity contribution < 1.29 is 4.79 Å². The van der Waals surface area contributed by atoms with Crippen LogP contribution in [0.3, 0.4) is 0 Å². The Morgan fingerprint density at radius 1 is 1.25 bits per heavy atom. The van der Waals surface area contributed by atoms with Crippen LogP contribution in [0.2, 0.25) is 0 Å². The highest BCUT2D eigenvalue weighted by molar-refractivity contribution is 6.08. The Hall–Kier alpha value is -1.37. The van der Waals surface area contributed by atoms with Gasteiger partial charge in [0.2, 0.25) is 0 Å². The Kier molecular flexibility index (Phi) is 3.55. The van der Waals surface area contributed by atoms with Crippen LogP contribution in [-0.4, -0.2) is 5.78 Å². The summed E-state index contributed by atoms with van der Waals surface area (Å²) < 4.78 is 0. The van der Waals surface area contributed by atoms with Crippen molar-refractivity contribution in [3.8, 4) is 0 Å². The molecular formula is C15H18O. The number of hydrogen-bond donors (Lipinski definition) is 0. The summed E-state index contributed by atoms with van der Waals surface area (Å²) >= 11 is 0. The van der Waals surface area contributed by atoms with Crippen molar-refractivity contribution in [2.45, 2.75) is 39.0 Å². The molecule has 0 bridgehead atoms. The molecule has 0 aromatic heterocycles. The highest BCUT2D eigenvalue weighted by atomic mass is 16.1. The maximum Gasteiger partial charge on any atom is 0.188 e. The number of carbonyl (C=O) groups is 1. The van der Waals surface area contributed by atoms with Gasteiger partial charge in [-0.15, -0.1) is 0 Å². The second-order valence-electron chi connectivity index (χ2n) is 4.40. The topological polar surface area (TPSA) is 17.1 Å². The van der Waals surface area contributed by atoms with Crippen LogP contribution in [0.25, 0.3) is 0 Å². The van der Waals surface area contributed by atoms with Crippen molar-refractivity contribution in [1.82, 2.24) is 0 Å². The van der Waals surface area contributed by atoms with Gasteiger partial charge < -0.3 is 0 Å². The first-order valence-corrected chi connectivity index (χ1v) is 6.14. The molecule has 1 aliphatic carbocycles. The molecule has 0 unspecified atom stereocenters. The van der Waals surface area contributed by atoms with Crippen LogP contribution in [-0.2, 0) is 6.42 Å². The summed E-state index contributed by atoms with van der Waals surface area (Å²) in [4.78, 5) is 12.0. The van der Waals surface area contributed by atoms with Crippen LogP contribution >= 0.6 is 0 Å². The summed E-state index contributed by atoms with van der Waals surface area (Å²) in [6.07, 6.45) is 7.48. The molecule has 2 rings (SSSR count). The lowest BCUT2D eigenvalue weighted by molar-refractivity contribution is 0.103. The third kappa shape index (κ3) is 2.41. The second kappa shape index (κ2) is 5.11. The first-order chi connectivity index (χ1) is 7.81. The van der Waals surface area contributed by atoms with Crippen molar-refractivity contribution in [2.24, 2.45) is 0 Å². The lowest BCUT2D eigenvalue weighted by atomic mass is 10.0. The van der Waals surface area contributed by atoms with Crippen molar-refractivity contribution in [3.05, 3.63) is 47.0 Å². The molecule has 0 fully saturated rings. The minimum Gasteiger partial charge on any atom is -0.289 e. The van der Waals surface area contributed by atoms with Gasteiger partial charge in [-0.3, -0.25) is 4.79 Å². The average molecular weight is 214 g/mol. The van der Waals surface area contributed by atoms with Gasteiger partial charge in [-0.1, -0.05) is 43.7 Å². The lowest BCUT2D eigenvalue weighted by Crippen LogP contribution is -2.01. The molecule has 0 spiro atoms. The van der Waals surface area contributed by atoms with Crippen molar-refractivity contribution in [1.29, 1.82) is 0 Å². The molecule has 0 radical (unpaired) electrons. The number of benzene rings is 1. The largest absolute Gasteiger partial charge is 0.289 e. The third-order valence-corrected chi connectivity index (χ3v) is 3.09. The average Bonchev–Trinajstić information content (AvgIpc) is 2.83. The lowest BCUT2D eigenvalue weighted by Gasteiger charge is -2.03. The van der Waals surface area contributed by atoms with Gasteiger partial charge in [0, 0.05) is 5.56 Å². The highest BCUT2D eigenvalue weighted by Crippen LogP contribution is 2.22. The van der Waals surface area contributed by atoms with E-state index in [2.05, 4.69) is 25.1 Å². The molecule has 0 saturated carbocycles. The Morgan fingerprint density at radius 2 is 2.00 bits per heavy atom. The number of carbonyl (C=O) groups excluding carboxylic acids is 1. The van der Waals surface area contributed by atoms with Crippen LogP contribution in [0, 0.1) is 0 Å². The number of Topliss-reactive ketones (excluding diaryl/α,β-unsaturated/α-hetero) is 1. The summed E-state index contributed by atoms with van der Waals surface area (Å²) in [5.74, 6) is 0.223. The molecule has 0 atom stereocenters. The Morgan fingerprint density at radius 3 is 2.56 bits per heavy atom. The first kappa shape index (κ1) is 11.1. The van der Waals surface area contributed by atoms with E-state index in [0.29, 0.717) is 0 Å². The summed E-state index contributed by atoms with van der Waals surface area (Å²) in [5, 5.41) is 0. The summed E-state index contributed by atoms with van der Waals surface area (Å²) in [7, 11) is 0. The van der Waals surface area contributed by atoms with Crippen LogP contribution in [0.15, 0.2) is 35.9 Å². The van der Waals surface area contributed by atoms with E-state index in [1.54, 1.807) is 0 Å². The van der Waals surface area contributed by atoms with E-state index in [0.717, 1.165) is 43.2 Å². The van der Waals surface area contributed by atoms with Gasteiger partial charge in [0.1, 0.15) is 0 Å². The zero-order valence-electron chi connectivity index (χ0n) is 9.83. The maximum absolute atomic E-state index is 12.0. The van der Waals surface area contributed by atoms with Gasteiger partial charge in [-0.05, 0) is 36.8 Å². The van der Waals surface area contributed by atoms with Crippen LogP contribution in [0.4, 0.5) is 0 Å². The third-order valence-electron chi connectivity index (χ3n) is 3.09. The molecule has 0 aliphatic heterocycles. The molecule has 1 aromatic carbocycles. The van der Waals surface area contributed by atoms with E-state index >= 15 is 0 Å². The van der Waals surface area contributed by atoms with E-state index in [9.17, 15) is 4.79 Å². The van der Waals surface area contributed by atoms with E-state index in [1.165, 1.54) is 5.56 Å². The molecule has 1 heteroatoms. The van der Waals surface area contributed by atoms with Gasteiger partial charge in [0.25, 0.3) is 0 Å². The molecule has 0 saturated heterocycles. The molecule has 0 N–H and O–H groups in total. The SMILES string of the molecule is CCCc1ccc(C(=O)C2=CCCC2)cc1. The van der Waals surface area contributed by atoms with Crippen molar-refractivity contribution in [2.75, 3.05) is 0 Å². The van der Waals surface area contributed by atoms with Crippen LogP contribution < -0.4 is 0 Å². The van der Waals surface area contributed by atoms with Crippen LogP contribution in [0.5, 0.6) is 0 Å². The number of hydrogen-bond acceptors (Lipinski definition) is 1. The van der Waals surface area contributed by atoms with Gasteiger partial charge in [0.05, 0.1) is 0 Å². The monoisotopic (exact) mass is 214 g/mol. The standard InChI is InChI=1S/C15H18O/c1-2-5-12-8-10-14(11-9-12)15(16)13-6-3-4-7-13/h6,8-11H,2-5,7H2,1H3. The maximum atomic E-state index is 12.0. The van der Waals surface area contributed by atoms with E-state index in [-0.39, 0.29) is 5.78 Å². The predicted octanol–water partition coefficient (Wildman–Crippen LogP) is 3.93. The molecule has 0 heterocycles. The normalized spacial score (nSPS) is 14.9. The molecule has 1 aliphatic rings. The quantitative estimate of drug-likeness (QED) is 0.694. The number of ketones is 1. The summed E-state index contributed by atoms with van der Waals surface area (Å²) in [6, 6.07) is 8.08. The first-order valence-electron chi connectivity index (χ1n) is 6.14. The predicted molar refractivity (Wildman–Crippen MR) is 66.7 cm³/mol. The zero-order chi connectivity index (χ0) is 11.4. The summed E-state index contributed by atoms with van der Waals surface area (Å²) in [6.45, 7) is 2.17. The Balaban J connectivity index is 2.12. The second-order valence-corrected chi connectivity index (χ2v) is 4.40. The van der Waals surface area contributed by atoms with Gasteiger partial charge >= 0.3 is 0 Å². The van der Waals surface area contributed by atoms with Gasteiger partial charge in [-0.25, -0.2) is 0 Å². The fourth-order valence-corrected chi connectivity index (χ4v) is 2.17. The van der Waals surface area contributed by atoms with E-state index in [1.807, 2.05) is 12.1 Å². The fraction of sp³-hybridized carbons (Fsp3) is 0.400. The van der Waals surface area contributed by atoms with Crippen molar-refractivity contribution >= 4 is 5.78 Å². The molecule has 0 amide bonds. The Bertz CT molecular complexity index is 398. The molecule has 84 valence electrons. The number of aryl methyl sites for hydroxylation is 1. The van der Waals surface area contributed by atoms with Gasteiger partial charge in [-0.2, -0.15) is 0 Å². The van der Waals surface area contributed by atoms with Crippen molar-refractivity contribution in [3.63, 3.8) is 0 Å². The fourth-order valence-electron chi connectivity index (χ4n) is 2.17. The molecule has 16 heavy (non-hydrogen) atoms. The van der Waals surface area contributed by atoms with Gasteiger partial charge in [0.15, 0.2) is 5.78 Å². The van der Waals surface area contributed by atoms with Crippen LogP contribution in [0.1, 0.15) is 48.5 Å². The number of rotatable bonds is 4. The minimum absolute atomic E-state index is 0.223.